The molecule has 1 aliphatic heterocycles. The van der Waals surface area contributed by atoms with Crippen LogP contribution in [0.3, 0.4) is 0 Å². The zero-order valence-corrected chi connectivity index (χ0v) is 12.4. The molecule has 1 fully saturated rings. The second kappa shape index (κ2) is 5.85. The van der Waals surface area contributed by atoms with Gasteiger partial charge in [-0.3, -0.25) is 9.89 Å². The van der Waals surface area contributed by atoms with Crippen molar-refractivity contribution in [2.24, 2.45) is 5.41 Å². The number of benzene rings is 1. The van der Waals surface area contributed by atoms with Crippen LogP contribution in [0, 0.1) is 5.41 Å². The molecule has 5 nitrogen and oxygen atoms in total. The van der Waals surface area contributed by atoms with Crippen molar-refractivity contribution >= 4 is 22.5 Å². The molecule has 0 radical (unpaired) electrons. The highest BCUT2D eigenvalue weighted by Crippen LogP contribution is 2.36. The van der Waals surface area contributed by atoms with E-state index in [1.165, 1.54) is 0 Å². The lowest BCUT2D eigenvalue weighted by atomic mass is 9.74. The number of nitrogens with zero attached hydrogens (tertiary/aromatic N) is 1. The zero-order valence-electron chi connectivity index (χ0n) is 12.4. The standard InChI is InChI=1S/C16H22N4O/c1-2-6-16(7-9-17-10-8-16)15(21)19-13-4-3-5-14-12(13)11-18-20-14/h3-5,11,17H,2,6-10H2,1H3,(H,18,20)(H,19,21). The number of fused-ring (bicyclic) bond motifs is 1. The van der Waals surface area contributed by atoms with E-state index in [1.807, 2.05) is 18.2 Å². The maximum atomic E-state index is 12.9. The molecule has 0 saturated carbocycles. The third kappa shape index (κ3) is 2.65. The van der Waals surface area contributed by atoms with Crippen molar-refractivity contribution in [1.29, 1.82) is 0 Å². The van der Waals surface area contributed by atoms with Crippen molar-refractivity contribution in [2.45, 2.75) is 32.6 Å². The average molecular weight is 286 g/mol. The highest BCUT2D eigenvalue weighted by atomic mass is 16.2. The monoisotopic (exact) mass is 286 g/mol. The number of hydrogen-bond donors (Lipinski definition) is 3. The molecule has 3 rings (SSSR count). The molecule has 1 amide bonds. The summed E-state index contributed by atoms with van der Waals surface area (Å²) in [6.45, 7) is 3.99. The summed E-state index contributed by atoms with van der Waals surface area (Å²) in [7, 11) is 0. The second-order valence-electron chi connectivity index (χ2n) is 5.87. The molecule has 2 aromatic rings. The van der Waals surface area contributed by atoms with Crippen molar-refractivity contribution < 1.29 is 4.79 Å². The first-order valence-electron chi connectivity index (χ1n) is 7.69. The van der Waals surface area contributed by atoms with E-state index in [4.69, 9.17) is 0 Å². The van der Waals surface area contributed by atoms with Gasteiger partial charge in [0.1, 0.15) is 0 Å². The minimum atomic E-state index is -0.230. The summed E-state index contributed by atoms with van der Waals surface area (Å²) < 4.78 is 0. The Balaban J connectivity index is 1.85. The number of aromatic nitrogens is 2. The minimum Gasteiger partial charge on any atom is -0.325 e. The van der Waals surface area contributed by atoms with Gasteiger partial charge in [0.2, 0.25) is 5.91 Å². The van der Waals surface area contributed by atoms with Crippen LogP contribution in [0.4, 0.5) is 5.69 Å². The Morgan fingerprint density at radius 1 is 1.38 bits per heavy atom. The third-order valence-corrected chi connectivity index (χ3v) is 4.50. The minimum absolute atomic E-state index is 0.152. The molecule has 5 heteroatoms. The zero-order chi connectivity index (χ0) is 14.7. The summed E-state index contributed by atoms with van der Waals surface area (Å²) in [5.74, 6) is 0.152. The number of carbonyl (C=O) groups is 1. The van der Waals surface area contributed by atoms with E-state index >= 15 is 0 Å². The summed E-state index contributed by atoms with van der Waals surface area (Å²) in [6, 6.07) is 5.84. The third-order valence-electron chi connectivity index (χ3n) is 4.50. The number of hydrogen-bond acceptors (Lipinski definition) is 3. The predicted octanol–water partition coefficient (Wildman–Crippen LogP) is 2.67. The molecule has 0 aliphatic carbocycles. The average Bonchev–Trinajstić information content (AvgIpc) is 2.98. The molecule has 1 aliphatic rings. The molecular formula is C16H22N4O. The quantitative estimate of drug-likeness (QED) is 0.809. The fraction of sp³-hybridized carbons (Fsp3) is 0.500. The number of H-pyrrole nitrogens is 1. The van der Waals surface area contributed by atoms with Crippen LogP contribution in [0.1, 0.15) is 32.6 Å². The van der Waals surface area contributed by atoms with Gasteiger partial charge in [-0.2, -0.15) is 5.10 Å². The highest BCUT2D eigenvalue weighted by Gasteiger charge is 2.38. The molecule has 21 heavy (non-hydrogen) atoms. The van der Waals surface area contributed by atoms with Gasteiger partial charge >= 0.3 is 0 Å². The topological polar surface area (TPSA) is 69.8 Å². The molecule has 1 aromatic carbocycles. The van der Waals surface area contributed by atoms with Crippen LogP contribution in [-0.4, -0.2) is 29.2 Å². The van der Waals surface area contributed by atoms with Crippen LogP contribution in [0.15, 0.2) is 24.4 Å². The summed E-state index contributed by atoms with van der Waals surface area (Å²) in [4.78, 5) is 12.9. The molecule has 0 bridgehead atoms. The fourth-order valence-electron chi connectivity index (χ4n) is 3.31. The van der Waals surface area contributed by atoms with E-state index < -0.39 is 0 Å². The Morgan fingerprint density at radius 2 is 2.19 bits per heavy atom. The van der Waals surface area contributed by atoms with Crippen molar-refractivity contribution in [3.05, 3.63) is 24.4 Å². The van der Waals surface area contributed by atoms with Crippen LogP contribution in [0.2, 0.25) is 0 Å². The number of rotatable bonds is 4. The number of amides is 1. The first-order valence-corrected chi connectivity index (χ1v) is 7.69. The molecule has 1 aromatic heterocycles. The molecule has 112 valence electrons. The van der Waals surface area contributed by atoms with Crippen molar-refractivity contribution in [2.75, 3.05) is 18.4 Å². The van der Waals surface area contributed by atoms with E-state index in [0.717, 1.165) is 55.4 Å². The molecule has 0 unspecified atom stereocenters. The fourth-order valence-corrected chi connectivity index (χ4v) is 3.31. The van der Waals surface area contributed by atoms with Gasteiger partial charge in [-0.1, -0.05) is 19.4 Å². The van der Waals surface area contributed by atoms with E-state index in [1.54, 1.807) is 6.20 Å². The first-order chi connectivity index (χ1) is 10.2. The van der Waals surface area contributed by atoms with Crippen LogP contribution in [-0.2, 0) is 4.79 Å². The van der Waals surface area contributed by atoms with Crippen molar-refractivity contribution in [1.82, 2.24) is 15.5 Å². The van der Waals surface area contributed by atoms with Crippen molar-refractivity contribution in [3.8, 4) is 0 Å². The van der Waals surface area contributed by atoms with Crippen LogP contribution in [0.25, 0.3) is 10.9 Å². The largest absolute Gasteiger partial charge is 0.325 e. The lowest BCUT2D eigenvalue weighted by Gasteiger charge is -2.36. The Hall–Kier alpha value is -1.88. The number of carbonyl (C=O) groups excluding carboxylic acids is 1. The molecule has 1 saturated heterocycles. The molecule has 0 atom stereocenters. The van der Waals surface area contributed by atoms with E-state index in [2.05, 4.69) is 27.8 Å². The second-order valence-corrected chi connectivity index (χ2v) is 5.87. The maximum absolute atomic E-state index is 12.9. The van der Waals surface area contributed by atoms with E-state index in [-0.39, 0.29) is 11.3 Å². The molecular weight excluding hydrogens is 264 g/mol. The van der Waals surface area contributed by atoms with Gasteiger partial charge < -0.3 is 10.6 Å². The lowest BCUT2D eigenvalue weighted by Crippen LogP contribution is -2.44. The predicted molar refractivity (Wildman–Crippen MR) is 84.2 cm³/mol. The Morgan fingerprint density at radius 3 is 2.95 bits per heavy atom. The SMILES string of the molecule is CCCC1(C(=O)Nc2cccc3[nH]ncc23)CCNCC1. The number of aromatic amines is 1. The van der Waals surface area contributed by atoms with Gasteiger partial charge in [0.15, 0.2) is 0 Å². The van der Waals surface area contributed by atoms with Gasteiger partial charge in [-0.05, 0) is 44.5 Å². The van der Waals surface area contributed by atoms with Gasteiger partial charge in [-0.15, -0.1) is 0 Å². The summed E-state index contributed by atoms with van der Waals surface area (Å²) in [5.41, 5.74) is 1.56. The van der Waals surface area contributed by atoms with Crippen LogP contribution < -0.4 is 10.6 Å². The smallest absolute Gasteiger partial charge is 0.230 e. The van der Waals surface area contributed by atoms with Gasteiger partial charge in [0.25, 0.3) is 0 Å². The van der Waals surface area contributed by atoms with Gasteiger partial charge in [0.05, 0.1) is 22.8 Å². The molecule has 2 heterocycles. The van der Waals surface area contributed by atoms with Crippen LogP contribution in [0.5, 0.6) is 0 Å². The van der Waals surface area contributed by atoms with Gasteiger partial charge in [0, 0.05) is 5.39 Å². The number of anilines is 1. The van der Waals surface area contributed by atoms with Crippen LogP contribution >= 0.6 is 0 Å². The lowest BCUT2D eigenvalue weighted by molar-refractivity contribution is -0.127. The maximum Gasteiger partial charge on any atom is 0.230 e. The summed E-state index contributed by atoms with van der Waals surface area (Å²) >= 11 is 0. The molecule has 0 spiro atoms. The first kappa shape index (κ1) is 14.1. The Kier molecular flexibility index (Phi) is 3.92. The highest BCUT2D eigenvalue weighted by molar-refractivity contribution is 6.03. The van der Waals surface area contributed by atoms with E-state index in [0.29, 0.717) is 0 Å². The van der Waals surface area contributed by atoms with Gasteiger partial charge in [-0.25, -0.2) is 0 Å². The molecule has 3 N–H and O–H groups in total. The summed E-state index contributed by atoms with van der Waals surface area (Å²) in [5, 5.41) is 14.4. The van der Waals surface area contributed by atoms with Crippen molar-refractivity contribution in [3.63, 3.8) is 0 Å². The summed E-state index contributed by atoms with van der Waals surface area (Å²) in [6.07, 6.45) is 5.56. The number of nitrogens with one attached hydrogen (secondary N) is 3. The Labute approximate surface area is 124 Å². The van der Waals surface area contributed by atoms with E-state index in [9.17, 15) is 4.79 Å². The normalized spacial score (nSPS) is 17.8. The Bertz CT molecular complexity index is 622. The number of piperidine rings is 1.